The van der Waals surface area contributed by atoms with E-state index in [9.17, 15) is 4.79 Å². The van der Waals surface area contributed by atoms with Crippen LogP contribution in [0.25, 0.3) is 0 Å². The molecule has 2 aliphatic heterocycles. The van der Waals surface area contributed by atoms with Crippen LogP contribution in [0, 0.1) is 5.92 Å². The highest BCUT2D eigenvalue weighted by Gasteiger charge is 2.27. The molecule has 1 aromatic heterocycles. The van der Waals surface area contributed by atoms with Crippen molar-refractivity contribution in [2.45, 2.75) is 12.8 Å². The van der Waals surface area contributed by atoms with Crippen LogP contribution in [0.15, 0.2) is 36.7 Å². The Morgan fingerprint density at radius 2 is 1.96 bits per heavy atom. The van der Waals surface area contributed by atoms with Crippen LogP contribution in [0.3, 0.4) is 0 Å². The number of ether oxygens (including phenoxy) is 2. The lowest BCUT2D eigenvalue weighted by molar-refractivity contribution is -0.120. The Bertz CT molecular complexity index is 753. The largest absolute Gasteiger partial charge is 0.486 e. The second-order valence-corrected chi connectivity index (χ2v) is 6.18. The molecule has 0 radical (unpaired) electrons. The molecule has 0 aliphatic carbocycles. The third-order valence-corrected chi connectivity index (χ3v) is 4.44. The first-order valence-electron chi connectivity index (χ1n) is 8.52. The molecular formula is C18H20N4O3. The number of fused-ring (bicyclic) bond motifs is 1. The molecule has 0 unspecified atom stereocenters. The van der Waals surface area contributed by atoms with Crippen molar-refractivity contribution in [3.05, 3.63) is 36.7 Å². The Hall–Kier alpha value is -2.83. The molecule has 1 atom stereocenters. The number of rotatable bonds is 3. The number of benzene rings is 1. The number of aromatic nitrogens is 2. The smallest absolute Gasteiger partial charge is 0.229 e. The van der Waals surface area contributed by atoms with E-state index < -0.39 is 0 Å². The molecule has 1 saturated heterocycles. The minimum Gasteiger partial charge on any atom is -0.486 e. The van der Waals surface area contributed by atoms with Crippen molar-refractivity contribution >= 4 is 17.5 Å². The van der Waals surface area contributed by atoms with Crippen molar-refractivity contribution in [3.63, 3.8) is 0 Å². The molecule has 130 valence electrons. The number of anilines is 2. The number of hydrogen-bond donors (Lipinski definition) is 1. The summed E-state index contributed by atoms with van der Waals surface area (Å²) in [6.07, 6.45) is 5.25. The number of piperidine rings is 1. The van der Waals surface area contributed by atoms with Crippen molar-refractivity contribution < 1.29 is 14.3 Å². The first kappa shape index (κ1) is 15.7. The molecule has 7 nitrogen and oxygen atoms in total. The molecule has 25 heavy (non-hydrogen) atoms. The van der Waals surface area contributed by atoms with Gasteiger partial charge in [0, 0.05) is 37.2 Å². The summed E-state index contributed by atoms with van der Waals surface area (Å²) in [5.41, 5.74) is 0.724. The predicted molar refractivity (Wildman–Crippen MR) is 93.0 cm³/mol. The van der Waals surface area contributed by atoms with Crippen LogP contribution in [0.2, 0.25) is 0 Å². The standard InChI is InChI=1S/C18H20N4O3/c23-17(21-14-4-5-15-16(11-14)25-10-9-24-15)13-3-1-8-22(12-13)18-19-6-2-7-20-18/h2,4-7,11,13H,1,3,8-10,12H2,(H,21,23)/t13-/m0/s1. The van der Waals surface area contributed by atoms with Crippen molar-refractivity contribution in [3.8, 4) is 11.5 Å². The summed E-state index contributed by atoms with van der Waals surface area (Å²) >= 11 is 0. The topological polar surface area (TPSA) is 76.6 Å². The molecule has 0 saturated carbocycles. The second kappa shape index (κ2) is 6.96. The Labute approximate surface area is 146 Å². The normalized spacial score (nSPS) is 19.4. The lowest BCUT2D eigenvalue weighted by atomic mass is 9.97. The molecule has 7 heteroatoms. The Kier molecular flexibility index (Phi) is 4.37. The summed E-state index contributed by atoms with van der Waals surface area (Å²) in [5.74, 6) is 1.99. The molecule has 1 N–H and O–H groups in total. The van der Waals surface area contributed by atoms with Gasteiger partial charge >= 0.3 is 0 Å². The average Bonchev–Trinajstić information content (AvgIpc) is 2.69. The van der Waals surface area contributed by atoms with E-state index in [-0.39, 0.29) is 11.8 Å². The number of amides is 1. The van der Waals surface area contributed by atoms with Crippen molar-refractivity contribution in [2.24, 2.45) is 5.92 Å². The molecule has 4 rings (SSSR count). The van der Waals surface area contributed by atoms with Gasteiger partial charge in [-0.25, -0.2) is 9.97 Å². The zero-order valence-corrected chi connectivity index (χ0v) is 13.9. The molecule has 2 aromatic rings. The van der Waals surface area contributed by atoms with Gasteiger partial charge < -0.3 is 19.7 Å². The molecule has 2 aliphatic rings. The monoisotopic (exact) mass is 340 g/mol. The van der Waals surface area contributed by atoms with E-state index in [1.807, 2.05) is 18.2 Å². The van der Waals surface area contributed by atoms with Gasteiger partial charge in [0.15, 0.2) is 11.5 Å². The number of nitrogens with one attached hydrogen (secondary N) is 1. The minimum absolute atomic E-state index is 0.0114. The van der Waals surface area contributed by atoms with Gasteiger partial charge in [-0.3, -0.25) is 4.79 Å². The van der Waals surface area contributed by atoms with Gasteiger partial charge in [-0.1, -0.05) is 0 Å². The predicted octanol–water partition coefficient (Wildman–Crippen LogP) is 2.10. The highest BCUT2D eigenvalue weighted by molar-refractivity contribution is 5.93. The van der Waals surface area contributed by atoms with E-state index in [4.69, 9.17) is 9.47 Å². The van der Waals surface area contributed by atoms with Crippen molar-refractivity contribution in [2.75, 3.05) is 36.5 Å². The highest BCUT2D eigenvalue weighted by atomic mass is 16.6. The van der Waals surface area contributed by atoms with Gasteiger partial charge in [0.05, 0.1) is 5.92 Å². The fraction of sp³-hybridized carbons (Fsp3) is 0.389. The molecule has 0 spiro atoms. The number of hydrogen-bond acceptors (Lipinski definition) is 6. The van der Waals surface area contributed by atoms with Crippen molar-refractivity contribution in [1.82, 2.24) is 9.97 Å². The van der Waals surface area contributed by atoms with Crippen LogP contribution in [-0.2, 0) is 4.79 Å². The first-order chi connectivity index (χ1) is 12.3. The molecule has 1 amide bonds. The maximum Gasteiger partial charge on any atom is 0.229 e. The van der Waals surface area contributed by atoms with E-state index in [0.29, 0.717) is 37.2 Å². The van der Waals surface area contributed by atoms with E-state index in [1.165, 1.54) is 0 Å². The summed E-state index contributed by atoms with van der Waals surface area (Å²) in [4.78, 5) is 23.3. The SMILES string of the molecule is O=C(Nc1ccc2c(c1)OCCO2)[C@H]1CCCN(c2ncccn2)C1. The van der Waals surface area contributed by atoms with Crippen molar-refractivity contribution in [1.29, 1.82) is 0 Å². The van der Waals surface area contributed by atoms with Gasteiger partial charge in [-0.2, -0.15) is 0 Å². The third kappa shape index (κ3) is 3.50. The van der Waals surface area contributed by atoms with Gasteiger partial charge in [-0.15, -0.1) is 0 Å². The maximum absolute atomic E-state index is 12.7. The van der Waals surface area contributed by atoms with Gasteiger partial charge in [0.2, 0.25) is 11.9 Å². The lowest BCUT2D eigenvalue weighted by Gasteiger charge is -2.32. The van der Waals surface area contributed by atoms with Crippen LogP contribution in [-0.4, -0.2) is 42.2 Å². The highest BCUT2D eigenvalue weighted by Crippen LogP contribution is 2.33. The fourth-order valence-corrected chi connectivity index (χ4v) is 3.19. The zero-order valence-electron chi connectivity index (χ0n) is 13.9. The summed E-state index contributed by atoms with van der Waals surface area (Å²) in [7, 11) is 0. The Balaban J connectivity index is 1.42. The van der Waals surface area contributed by atoms with Gasteiger partial charge in [0.1, 0.15) is 13.2 Å². The maximum atomic E-state index is 12.7. The van der Waals surface area contributed by atoms with E-state index in [0.717, 1.165) is 25.1 Å². The van der Waals surface area contributed by atoms with E-state index >= 15 is 0 Å². The lowest BCUT2D eigenvalue weighted by Crippen LogP contribution is -2.41. The number of nitrogens with zero attached hydrogens (tertiary/aromatic N) is 3. The third-order valence-electron chi connectivity index (χ3n) is 4.44. The molecule has 1 aromatic carbocycles. The summed E-state index contributed by atoms with van der Waals surface area (Å²) < 4.78 is 11.1. The molecule has 1 fully saturated rings. The van der Waals surface area contributed by atoms with Gasteiger partial charge in [-0.05, 0) is 31.0 Å². The minimum atomic E-state index is -0.0919. The number of carbonyl (C=O) groups excluding carboxylic acids is 1. The van der Waals surface area contributed by atoms with Crippen LogP contribution >= 0.6 is 0 Å². The van der Waals surface area contributed by atoms with Crippen LogP contribution in [0.1, 0.15) is 12.8 Å². The Morgan fingerprint density at radius 1 is 1.16 bits per heavy atom. The number of carbonyl (C=O) groups is 1. The average molecular weight is 340 g/mol. The Morgan fingerprint density at radius 3 is 2.80 bits per heavy atom. The second-order valence-electron chi connectivity index (χ2n) is 6.18. The molecular weight excluding hydrogens is 320 g/mol. The van der Waals surface area contributed by atoms with Crippen LogP contribution in [0.5, 0.6) is 11.5 Å². The summed E-state index contributed by atoms with van der Waals surface area (Å²) in [6.45, 7) is 2.58. The van der Waals surface area contributed by atoms with Crippen LogP contribution < -0.4 is 19.7 Å². The first-order valence-corrected chi connectivity index (χ1v) is 8.52. The summed E-state index contributed by atoms with van der Waals surface area (Å²) in [6, 6.07) is 7.27. The van der Waals surface area contributed by atoms with Gasteiger partial charge in [0.25, 0.3) is 0 Å². The van der Waals surface area contributed by atoms with Crippen LogP contribution in [0.4, 0.5) is 11.6 Å². The van der Waals surface area contributed by atoms with E-state index in [2.05, 4.69) is 20.2 Å². The van der Waals surface area contributed by atoms with E-state index in [1.54, 1.807) is 18.5 Å². The molecule has 3 heterocycles. The zero-order chi connectivity index (χ0) is 17.1. The fourth-order valence-electron chi connectivity index (χ4n) is 3.19. The quantitative estimate of drug-likeness (QED) is 0.922. The molecule has 0 bridgehead atoms. The summed E-state index contributed by atoms with van der Waals surface area (Å²) in [5, 5.41) is 2.99.